The first-order valence-electron chi connectivity index (χ1n) is 9.70. The Balaban J connectivity index is 1.83. The Morgan fingerprint density at radius 3 is 2.56 bits per heavy atom. The molecule has 4 heteroatoms. The van der Waals surface area contributed by atoms with E-state index >= 15 is 0 Å². The molecule has 3 nitrogen and oxygen atoms in total. The van der Waals surface area contributed by atoms with Crippen LogP contribution in [0.15, 0.2) is 30.3 Å². The molecular weight excluding hydrogens is 358 g/mol. The number of rotatable bonds is 7. The van der Waals surface area contributed by atoms with Gasteiger partial charge < -0.3 is 14.8 Å². The number of ether oxygens (including phenoxy) is 2. The van der Waals surface area contributed by atoms with Gasteiger partial charge in [-0.15, -0.1) is 11.6 Å². The molecule has 2 aromatic carbocycles. The highest BCUT2D eigenvalue weighted by molar-refractivity contribution is 6.18. The van der Waals surface area contributed by atoms with Gasteiger partial charge in [0, 0.05) is 24.5 Å². The normalized spacial score (nSPS) is 18.7. The maximum atomic E-state index is 6.52. The molecule has 0 aromatic heterocycles. The average Bonchev–Trinajstić information content (AvgIpc) is 2.67. The smallest absolute Gasteiger partial charge is 0.127 e. The molecule has 0 saturated carbocycles. The zero-order valence-electron chi connectivity index (χ0n) is 16.8. The number of halogens is 1. The van der Waals surface area contributed by atoms with Gasteiger partial charge in [-0.2, -0.15) is 0 Å². The van der Waals surface area contributed by atoms with E-state index in [-0.39, 0.29) is 5.60 Å². The van der Waals surface area contributed by atoms with Crippen molar-refractivity contribution in [1.29, 1.82) is 0 Å². The molecule has 0 aliphatic carbocycles. The molecule has 0 saturated heterocycles. The van der Waals surface area contributed by atoms with E-state index in [2.05, 4.69) is 45.1 Å². The van der Waals surface area contributed by atoms with Crippen LogP contribution in [0, 0.1) is 20.8 Å². The highest BCUT2D eigenvalue weighted by Gasteiger charge is 2.34. The van der Waals surface area contributed by atoms with Crippen molar-refractivity contribution in [2.24, 2.45) is 0 Å². The molecule has 0 amide bonds. The average molecular weight is 388 g/mol. The fourth-order valence-corrected chi connectivity index (χ4v) is 3.91. The lowest BCUT2D eigenvalue weighted by molar-refractivity contribution is 0.0639. The molecule has 0 radical (unpaired) electrons. The third-order valence-electron chi connectivity index (χ3n) is 5.56. The monoisotopic (exact) mass is 387 g/mol. The van der Waals surface area contributed by atoms with Crippen molar-refractivity contribution in [3.63, 3.8) is 0 Å². The van der Waals surface area contributed by atoms with Crippen molar-refractivity contribution in [3.05, 3.63) is 58.1 Å². The Hall–Kier alpha value is -1.71. The third-order valence-corrected chi connectivity index (χ3v) is 5.75. The zero-order valence-corrected chi connectivity index (χ0v) is 17.6. The number of alkyl halides is 1. The largest absolute Gasteiger partial charge is 0.488 e. The van der Waals surface area contributed by atoms with E-state index in [9.17, 15) is 0 Å². The molecule has 1 aliphatic heterocycles. The summed E-state index contributed by atoms with van der Waals surface area (Å²) in [5, 5.41) is 3.39. The van der Waals surface area contributed by atoms with Crippen LogP contribution in [0.2, 0.25) is 0 Å². The Bertz CT molecular complexity index is 791. The first-order valence-corrected chi connectivity index (χ1v) is 10.2. The number of hydrogen-bond acceptors (Lipinski definition) is 3. The van der Waals surface area contributed by atoms with E-state index < -0.39 is 0 Å². The van der Waals surface area contributed by atoms with Crippen LogP contribution < -0.4 is 14.8 Å². The van der Waals surface area contributed by atoms with E-state index in [1.165, 1.54) is 27.8 Å². The minimum absolute atomic E-state index is 0.199. The summed E-state index contributed by atoms with van der Waals surface area (Å²) in [4.78, 5) is 0. The van der Waals surface area contributed by atoms with Gasteiger partial charge in [0.1, 0.15) is 23.7 Å². The van der Waals surface area contributed by atoms with Gasteiger partial charge in [0.2, 0.25) is 0 Å². The van der Waals surface area contributed by atoms with Crippen molar-refractivity contribution in [1.82, 2.24) is 5.32 Å². The van der Waals surface area contributed by atoms with Gasteiger partial charge >= 0.3 is 0 Å². The second kappa shape index (κ2) is 8.53. The summed E-state index contributed by atoms with van der Waals surface area (Å²) < 4.78 is 12.8. The molecule has 0 bridgehead atoms. The summed E-state index contributed by atoms with van der Waals surface area (Å²) >= 11 is 5.79. The molecule has 1 N–H and O–H groups in total. The topological polar surface area (TPSA) is 30.5 Å². The van der Waals surface area contributed by atoms with E-state index in [1.807, 2.05) is 18.2 Å². The standard InChI is InChI=1S/C23H30ClNO2/c1-16-17(2)22-20(10-11-23(4,27-22)15-25-13-12-24)18(3)21(16)26-14-19-8-6-5-7-9-19/h5-9,25H,10-15H2,1-4H3. The Kier molecular flexibility index (Phi) is 6.33. The van der Waals surface area contributed by atoms with Crippen LogP contribution in [-0.4, -0.2) is 24.6 Å². The van der Waals surface area contributed by atoms with Gasteiger partial charge in [0.25, 0.3) is 0 Å². The van der Waals surface area contributed by atoms with Crippen LogP contribution in [0.1, 0.15) is 41.2 Å². The number of hydrogen-bond donors (Lipinski definition) is 1. The van der Waals surface area contributed by atoms with Gasteiger partial charge in [0.05, 0.1) is 0 Å². The van der Waals surface area contributed by atoms with Gasteiger partial charge in [0.15, 0.2) is 0 Å². The molecule has 0 spiro atoms. The highest BCUT2D eigenvalue weighted by Crippen LogP contribution is 2.43. The van der Waals surface area contributed by atoms with Crippen molar-refractivity contribution < 1.29 is 9.47 Å². The molecule has 27 heavy (non-hydrogen) atoms. The van der Waals surface area contributed by atoms with E-state index in [0.717, 1.165) is 37.4 Å². The predicted molar refractivity (Wildman–Crippen MR) is 112 cm³/mol. The van der Waals surface area contributed by atoms with Crippen LogP contribution in [0.5, 0.6) is 11.5 Å². The zero-order chi connectivity index (χ0) is 19.4. The fourth-order valence-electron chi connectivity index (χ4n) is 3.77. The Morgan fingerprint density at radius 1 is 1.11 bits per heavy atom. The van der Waals surface area contributed by atoms with Gasteiger partial charge in [-0.1, -0.05) is 30.3 Å². The summed E-state index contributed by atoms with van der Waals surface area (Å²) in [5.41, 5.74) is 5.83. The number of benzene rings is 2. The number of fused-ring (bicyclic) bond motifs is 1. The Morgan fingerprint density at radius 2 is 1.85 bits per heavy atom. The summed E-state index contributed by atoms with van der Waals surface area (Å²) in [5.74, 6) is 2.66. The molecule has 1 heterocycles. The van der Waals surface area contributed by atoms with Crippen molar-refractivity contribution >= 4 is 11.6 Å². The molecule has 2 aromatic rings. The van der Waals surface area contributed by atoms with Gasteiger partial charge in [-0.3, -0.25) is 0 Å². The molecular formula is C23H30ClNO2. The fraction of sp³-hybridized carbons (Fsp3) is 0.478. The first-order chi connectivity index (χ1) is 12.9. The van der Waals surface area contributed by atoms with Crippen LogP contribution in [0.3, 0.4) is 0 Å². The van der Waals surface area contributed by atoms with Crippen molar-refractivity contribution in [2.45, 2.75) is 52.7 Å². The first kappa shape index (κ1) is 20.0. The van der Waals surface area contributed by atoms with Gasteiger partial charge in [-0.25, -0.2) is 0 Å². The van der Waals surface area contributed by atoms with Crippen LogP contribution in [0.4, 0.5) is 0 Å². The third kappa shape index (κ3) is 4.41. The second-order valence-electron chi connectivity index (χ2n) is 7.70. The number of nitrogens with one attached hydrogen (secondary N) is 1. The molecule has 146 valence electrons. The van der Waals surface area contributed by atoms with Crippen molar-refractivity contribution in [3.8, 4) is 11.5 Å². The lowest BCUT2D eigenvalue weighted by atomic mass is 9.87. The quantitative estimate of drug-likeness (QED) is 0.529. The Labute approximate surface area is 168 Å². The van der Waals surface area contributed by atoms with E-state index in [4.69, 9.17) is 21.1 Å². The molecule has 3 rings (SSSR count). The lowest BCUT2D eigenvalue weighted by Gasteiger charge is -2.38. The summed E-state index contributed by atoms with van der Waals surface area (Å²) in [6.45, 7) is 10.8. The van der Waals surface area contributed by atoms with Crippen LogP contribution in [0.25, 0.3) is 0 Å². The summed E-state index contributed by atoms with van der Waals surface area (Å²) in [6.07, 6.45) is 1.99. The molecule has 1 aliphatic rings. The highest BCUT2D eigenvalue weighted by atomic mass is 35.5. The van der Waals surface area contributed by atoms with Crippen LogP contribution >= 0.6 is 11.6 Å². The minimum Gasteiger partial charge on any atom is -0.488 e. The minimum atomic E-state index is -0.199. The van der Waals surface area contributed by atoms with Crippen LogP contribution in [-0.2, 0) is 13.0 Å². The summed E-state index contributed by atoms with van der Waals surface area (Å²) in [6, 6.07) is 10.3. The molecule has 0 fully saturated rings. The molecule has 1 atom stereocenters. The second-order valence-corrected chi connectivity index (χ2v) is 8.08. The van der Waals surface area contributed by atoms with E-state index in [0.29, 0.717) is 12.5 Å². The maximum absolute atomic E-state index is 6.52. The lowest BCUT2D eigenvalue weighted by Crippen LogP contribution is -2.46. The summed E-state index contributed by atoms with van der Waals surface area (Å²) in [7, 11) is 0. The van der Waals surface area contributed by atoms with Crippen molar-refractivity contribution in [2.75, 3.05) is 19.0 Å². The molecule has 1 unspecified atom stereocenters. The predicted octanol–water partition coefficient (Wildman–Crippen LogP) is 5.10. The van der Waals surface area contributed by atoms with Gasteiger partial charge in [-0.05, 0) is 62.8 Å². The maximum Gasteiger partial charge on any atom is 0.127 e. The SMILES string of the molecule is Cc1c(C)c2c(c(C)c1OCc1ccccc1)CCC(C)(CNCCCl)O2. The van der Waals surface area contributed by atoms with E-state index in [1.54, 1.807) is 0 Å².